The maximum Gasteiger partial charge on any atom is 0.416 e. The summed E-state index contributed by atoms with van der Waals surface area (Å²) in [7, 11) is 0. The number of benzene rings is 1. The van der Waals surface area contributed by atoms with Crippen molar-refractivity contribution in [2.24, 2.45) is 0 Å². The van der Waals surface area contributed by atoms with Gasteiger partial charge in [-0.3, -0.25) is 9.69 Å². The number of rotatable bonds is 2. The second-order valence-electron chi connectivity index (χ2n) is 4.01. The highest BCUT2D eigenvalue weighted by Crippen LogP contribution is 2.36. The monoisotopic (exact) mass is 317 g/mol. The lowest BCUT2D eigenvalue weighted by molar-refractivity contribution is -0.137. The topological polar surface area (TPSA) is 20.3 Å². The van der Waals surface area contributed by atoms with Crippen LogP contribution in [0.15, 0.2) is 29.2 Å². The maximum atomic E-state index is 12.9. The Kier molecular flexibility index (Phi) is 4.19. The Morgan fingerprint density at radius 1 is 1.35 bits per heavy atom. The van der Waals surface area contributed by atoms with Crippen molar-refractivity contribution in [3.63, 3.8) is 0 Å². The van der Waals surface area contributed by atoms with Crippen molar-refractivity contribution < 1.29 is 18.0 Å². The van der Waals surface area contributed by atoms with Crippen LogP contribution in [0.5, 0.6) is 0 Å². The smallest absolute Gasteiger partial charge is 0.293 e. The van der Waals surface area contributed by atoms with Crippen LogP contribution in [0.25, 0.3) is 6.08 Å². The lowest BCUT2D eigenvalue weighted by Gasteiger charge is -2.11. The Bertz CT molecular complexity index is 596. The zero-order chi connectivity index (χ0) is 14.9. The average Bonchev–Trinajstić information content (AvgIpc) is 2.63. The third kappa shape index (κ3) is 2.88. The molecule has 0 atom stereocenters. The fourth-order valence-corrected chi connectivity index (χ4v) is 3.17. The van der Waals surface area contributed by atoms with Gasteiger partial charge in [-0.2, -0.15) is 13.2 Å². The minimum atomic E-state index is -4.45. The van der Waals surface area contributed by atoms with Crippen LogP contribution < -0.4 is 0 Å². The Morgan fingerprint density at radius 2 is 2.00 bits per heavy atom. The molecule has 0 aromatic heterocycles. The van der Waals surface area contributed by atoms with E-state index in [1.54, 1.807) is 6.92 Å². The zero-order valence-electron chi connectivity index (χ0n) is 10.4. The summed E-state index contributed by atoms with van der Waals surface area (Å²) in [4.78, 5) is 13.6. The van der Waals surface area contributed by atoms with Crippen LogP contribution in [-0.2, 0) is 11.0 Å². The van der Waals surface area contributed by atoms with E-state index in [-0.39, 0.29) is 16.4 Å². The van der Waals surface area contributed by atoms with Gasteiger partial charge in [0, 0.05) is 6.54 Å². The number of carbonyl (C=O) groups excluding carboxylic acids is 1. The van der Waals surface area contributed by atoms with Gasteiger partial charge in [0.2, 0.25) is 0 Å². The summed E-state index contributed by atoms with van der Waals surface area (Å²) in [6.07, 6.45) is -3.21. The number of likely N-dealkylation sites (N-methyl/N-ethyl adjacent to an activating group) is 1. The van der Waals surface area contributed by atoms with Crippen LogP contribution in [0.4, 0.5) is 13.2 Å². The molecule has 1 saturated heterocycles. The third-order valence-electron chi connectivity index (χ3n) is 2.74. The standard InChI is InChI=1S/C13H10F3NOS2/c1-2-17-11(18)10(20-12(17)19)7-8-5-3-4-6-9(8)13(14,15)16/h3-7H,2H2,1H3/b10-7+. The highest BCUT2D eigenvalue weighted by Gasteiger charge is 2.34. The quantitative estimate of drug-likeness (QED) is 0.609. The molecular weight excluding hydrogens is 307 g/mol. The summed E-state index contributed by atoms with van der Waals surface area (Å²) in [6.45, 7) is 2.17. The van der Waals surface area contributed by atoms with Crippen molar-refractivity contribution in [2.45, 2.75) is 13.1 Å². The molecule has 7 heteroatoms. The van der Waals surface area contributed by atoms with E-state index < -0.39 is 11.7 Å². The first-order chi connectivity index (χ1) is 9.34. The van der Waals surface area contributed by atoms with Crippen LogP contribution in [0.2, 0.25) is 0 Å². The highest BCUT2D eigenvalue weighted by atomic mass is 32.2. The summed E-state index contributed by atoms with van der Waals surface area (Å²) >= 11 is 6.04. The van der Waals surface area contributed by atoms with Crippen molar-refractivity contribution in [1.82, 2.24) is 4.90 Å². The number of halogens is 3. The summed E-state index contributed by atoms with van der Waals surface area (Å²) in [5, 5.41) is 0. The van der Waals surface area contributed by atoms with E-state index in [0.29, 0.717) is 10.9 Å². The van der Waals surface area contributed by atoms with E-state index in [0.717, 1.165) is 17.8 Å². The minimum Gasteiger partial charge on any atom is -0.293 e. The van der Waals surface area contributed by atoms with E-state index in [9.17, 15) is 18.0 Å². The Hall–Kier alpha value is -1.34. The molecule has 1 aliphatic rings. The van der Waals surface area contributed by atoms with E-state index in [1.807, 2.05) is 0 Å². The summed E-state index contributed by atoms with van der Waals surface area (Å²) in [5.74, 6) is -0.348. The summed E-state index contributed by atoms with van der Waals surface area (Å²) in [5.41, 5.74) is -0.793. The van der Waals surface area contributed by atoms with Crippen molar-refractivity contribution in [2.75, 3.05) is 6.54 Å². The van der Waals surface area contributed by atoms with Crippen LogP contribution in [0.1, 0.15) is 18.1 Å². The van der Waals surface area contributed by atoms with Crippen LogP contribution >= 0.6 is 24.0 Å². The van der Waals surface area contributed by atoms with Crippen LogP contribution in [-0.4, -0.2) is 21.7 Å². The van der Waals surface area contributed by atoms with Gasteiger partial charge < -0.3 is 0 Å². The fourth-order valence-electron chi connectivity index (χ4n) is 1.79. The number of thioether (sulfide) groups is 1. The molecular formula is C13H10F3NOS2. The fraction of sp³-hybridized carbons (Fsp3) is 0.231. The molecule has 1 aliphatic heterocycles. The molecule has 0 N–H and O–H groups in total. The molecule has 1 aromatic rings. The zero-order valence-corrected chi connectivity index (χ0v) is 12.0. The number of amides is 1. The first-order valence-electron chi connectivity index (χ1n) is 5.76. The van der Waals surface area contributed by atoms with Gasteiger partial charge in [0.05, 0.1) is 10.5 Å². The second-order valence-corrected chi connectivity index (χ2v) is 5.69. The van der Waals surface area contributed by atoms with Crippen molar-refractivity contribution in [3.05, 3.63) is 40.3 Å². The van der Waals surface area contributed by atoms with Gasteiger partial charge in [0.15, 0.2) is 0 Å². The van der Waals surface area contributed by atoms with Gasteiger partial charge in [-0.25, -0.2) is 0 Å². The van der Waals surface area contributed by atoms with Gasteiger partial charge in [-0.1, -0.05) is 42.2 Å². The van der Waals surface area contributed by atoms with Gasteiger partial charge in [0.25, 0.3) is 5.91 Å². The largest absolute Gasteiger partial charge is 0.416 e. The normalized spacial score (nSPS) is 18.2. The lowest BCUT2D eigenvalue weighted by atomic mass is 10.1. The number of carbonyl (C=O) groups is 1. The molecule has 0 aliphatic carbocycles. The minimum absolute atomic E-state index is 0.0309. The Labute approximate surface area is 123 Å². The molecule has 1 aromatic carbocycles. The number of thiocarbonyl (C=S) groups is 1. The molecule has 1 heterocycles. The molecule has 106 valence electrons. The number of hydrogen-bond acceptors (Lipinski definition) is 3. The molecule has 2 nitrogen and oxygen atoms in total. The van der Waals surface area contributed by atoms with Crippen LogP contribution in [0.3, 0.4) is 0 Å². The van der Waals surface area contributed by atoms with Crippen molar-refractivity contribution in [1.29, 1.82) is 0 Å². The molecule has 0 radical (unpaired) electrons. The van der Waals surface area contributed by atoms with E-state index in [1.165, 1.54) is 29.2 Å². The molecule has 20 heavy (non-hydrogen) atoms. The molecule has 0 unspecified atom stereocenters. The third-order valence-corrected chi connectivity index (χ3v) is 4.12. The molecule has 0 spiro atoms. The Balaban J connectivity index is 2.43. The van der Waals surface area contributed by atoms with E-state index >= 15 is 0 Å². The van der Waals surface area contributed by atoms with Gasteiger partial charge >= 0.3 is 6.18 Å². The molecule has 2 rings (SSSR count). The Morgan fingerprint density at radius 3 is 2.55 bits per heavy atom. The molecule has 0 bridgehead atoms. The van der Waals surface area contributed by atoms with Crippen molar-refractivity contribution in [3.8, 4) is 0 Å². The van der Waals surface area contributed by atoms with Crippen molar-refractivity contribution >= 4 is 40.3 Å². The highest BCUT2D eigenvalue weighted by molar-refractivity contribution is 8.26. The predicted molar refractivity (Wildman–Crippen MR) is 77.0 cm³/mol. The van der Waals surface area contributed by atoms with E-state index in [2.05, 4.69) is 0 Å². The van der Waals surface area contributed by atoms with Gasteiger partial charge in [0.1, 0.15) is 4.32 Å². The number of nitrogens with zero attached hydrogens (tertiary/aromatic N) is 1. The first-order valence-corrected chi connectivity index (χ1v) is 6.98. The molecule has 1 fully saturated rings. The second kappa shape index (κ2) is 5.57. The average molecular weight is 317 g/mol. The number of alkyl halides is 3. The first kappa shape index (κ1) is 15.1. The predicted octanol–water partition coefficient (Wildman–Crippen LogP) is 3.93. The maximum absolute atomic E-state index is 12.9. The molecule has 0 saturated carbocycles. The SMILES string of the molecule is CCN1C(=O)/C(=C\c2ccccc2C(F)(F)F)SC1=S. The number of hydrogen-bond donors (Lipinski definition) is 0. The molecule has 1 amide bonds. The van der Waals surface area contributed by atoms with E-state index in [4.69, 9.17) is 12.2 Å². The van der Waals surface area contributed by atoms with Gasteiger partial charge in [-0.15, -0.1) is 0 Å². The van der Waals surface area contributed by atoms with Gasteiger partial charge in [-0.05, 0) is 24.6 Å². The lowest BCUT2D eigenvalue weighted by Crippen LogP contribution is -2.27. The van der Waals surface area contributed by atoms with Crippen LogP contribution in [0, 0.1) is 0 Å². The summed E-state index contributed by atoms with van der Waals surface area (Å²) in [6, 6.07) is 5.15. The summed E-state index contributed by atoms with van der Waals surface area (Å²) < 4.78 is 39.0.